The Balaban J connectivity index is 1.61. The van der Waals surface area contributed by atoms with Crippen molar-refractivity contribution in [2.75, 3.05) is 6.54 Å². The molecule has 0 radical (unpaired) electrons. The minimum absolute atomic E-state index is 0.142. The summed E-state index contributed by atoms with van der Waals surface area (Å²) in [6.07, 6.45) is 2.25. The molecule has 4 rings (SSSR count). The third-order valence-corrected chi connectivity index (χ3v) is 9.40. The molecule has 0 spiro atoms. The van der Waals surface area contributed by atoms with Crippen LogP contribution >= 0.6 is 0 Å². The minimum Gasteiger partial charge on any atom is -0.391 e. The Morgan fingerprint density at radius 2 is 1.40 bits per heavy atom. The van der Waals surface area contributed by atoms with Gasteiger partial charge in [-0.2, -0.15) is 0 Å². The number of rotatable bonds is 9. The SMILES string of the molecule is CC(CN(S(=O)(=O)c1ccccc1)S(=O)(=O)c1ccccc1)O/N=C/c1cccc2cccnc12. The maximum absolute atomic E-state index is 13.4. The zero-order valence-corrected chi connectivity index (χ0v) is 20.4. The van der Waals surface area contributed by atoms with Gasteiger partial charge in [0.2, 0.25) is 0 Å². The van der Waals surface area contributed by atoms with Crippen molar-refractivity contribution in [3.05, 3.63) is 103 Å². The highest BCUT2D eigenvalue weighted by atomic mass is 32.3. The van der Waals surface area contributed by atoms with Crippen LogP contribution in [0.25, 0.3) is 10.9 Å². The molecular weight excluding hydrogens is 486 g/mol. The molecule has 180 valence electrons. The van der Waals surface area contributed by atoms with Crippen LogP contribution < -0.4 is 0 Å². The quantitative estimate of drug-likeness (QED) is 0.249. The maximum atomic E-state index is 13.4. The number of benzene rings is 3. The van der Waals surface area contributed by atoms with Crippen molar-refractivity contribution in [3.63, 3.8) is 0 Å². The Labute approximate surface area is 204 Å². The van der Waals surface area contributed by atoms with Crippen molar-refractivity contribution < 1.29 is 21.7 Å². The van der Waals surface area contributed by atoms with Gasteiger partial charge in [0.05, 0.1) is 28.1 Å². The van der Waals surface area contributed by atoms with Crippen molar-refractivity contribution in [1.29, 1.82) is 0 Å². The van der Waals surface area contributed by atoms with Crippen molar-refractivity contribution >= 4 is 37.2 Å². The molecule has 0 bridgehead atoms. The summed E-state index contributed by atoms with van der Waals surface area (Å²) in [7, 11) is -8.81. The predicted molar refractivity (Wildman–Crippen MR) is 134 cm³/mol. The number of hydrogen-bond acceptors (Lipinski definition) is 7. The first kappa shape index (κ1) is 24.5. The zero-order valence-electron chi connectivity index (χ0n) is 18.8. The fourth-order valence-corrected chi connectivity index (χ4v) is 7.25. The van der Waals surface area contributed by atoms with E-state index in [1.165, 1.54) is 54.7 Å². The molecule has 0 amide bonds. The molecule has 1 heterocycles. The highest BCUT2D eigenvalue weighted by Gasteiger charge is 2.38. The average molecular weight is 510 g/mol. The molecule has 0 N–H and O–H groups in total. The molecule has 1 atom stereocenters. The van der Waals surface area contributed by atoms with Gasteiger partial charge in [-0.25, -0.2) is 16.8 Å². The van der Waals surface area contributed by atoms with Gasteiger partial charge in [0.15, 0.2) is 0 Å². The second-order valence-electron chi connectivity index (χ2n) is 7.66. The molecule has 4 aromatic rings. The predicted octanol–water partition coefficient (Wildman–Crippen LogP) is 4.05. The maximum Gasteiger partial charge on any atom is 0.256 e. The summed E-state index contributed by atoms with van der Waals surface area (Å²) in [5.74, 6) is 0. The topological polar surface area (TPSA) is 106 Å². The largest absolute Gasteiger partial charge is 0.391 e. The Kier molecular flexibility index (Phi) is 7.25. The van der Waals surface area contributed by atoms with E-state index < -0.39 is 32.7 Å². The summed E-state index contributed by atoms with van der Waals surface area (Å²) < 4.78 is 54.0. The fourth-order valence-electron chi connectivity index (χ4n) is 3.41. The first-order chi connectivity index (χ1) is 16.8. The molecule has 8 nitrogen and oxygen atoms in total. The lowest BCUT2D eigenvalue weighted by atomic mass is 10.1. The van der Waals surface area contributed by atoms with Gasteiger partial charge in [0, 0.05) is 17.1 Å². The van der Waals surface area contributed by atoms with Gasteiger partial charge in [-0.05, 0) is 37.3 Å². The molecule has 0 aliphatic heterocycles. The van der Waals surface area contributed by atoms with E-state index in [0.717, 1.165) is 10.9 Å². The average Bonchev–Trinajstić information content (AvgIpc) is 2.88. The number of nitrogens with zero attached hydrogens (tertiary/aromatic N) is 3. The molecule has 1 aromatic heterocycles. The summed E-state index contributed by atoms with van der Waals surface area (Å²) in [5.41, 5.74) is 1.44. The number of aromatic nitrogens is 1. The molecule has 0 fully saturated rings. The van der Waals surface area contributed by atoms with Gasteiger partial charge in [0.1, 0.15) is 6.10 Å². The Hall–Kier alpha value is -3.60. The summed E-state index contributed by atoms with van der Waals surface area (Å²) >= 11 is 0. The fraction of sp³-hybridized carbons (Fsp3) is 0.120. The van der Waals surface area contributed by atoms with Gasteiger partial charge >= 0.3 is 0 Å². The van der Waals surface area contributed by atoms with Crippen molar-refractivity contribution in [2.45, 2.75) is 22.8 Å². The van der Waals surface area contributed by atoms with E-state index in [0.29, 0.717) is 9.27 Å². The van der Waals surface area contributed by atoms with Gasteiger partial charge in [-0.3, -0.25) is 4.98 Å². The monoisotopic (exact) mass is 509 g/mol. The van der Waals surface area contributed by atoms with Crippen LogP contribution in [0, 0.1) is 0 Å². The van der Waals surface area contributed by atoms with Gasteiger partial charge < -0.3 is 4.84 Å². The summed E-state index contributed by atoms with van der Waals surface area (Å²) in [6, 6.07) is 24.2. The second-order valence-corrected chi connectivity index (χ2v) is 11.6. The van der Waals surface area contributed by atoms with Crippen molar-refractivity contribution in [3.8, 4) is 0 Å². The van der Waals surface area contributed by atoms with Crippen molar-refractivity contribution in [2.24, 2.45) is 5.16 Å². The standard InChI is InChI=1S/C25H23N3O5S2/c1-20(33-27-18-22-11-8-10-21-12-9-17-26-25(21)22)19-28(34(29,30)23-13-4-2-5-14-23)35(31,32)24-15-6-3-7-16-24/h2-18,20H,19H2,1H3/b27-18+. The highest BCUT2D eigenvalue weighted by molar-refractivity contribution is 8.04. The third kappa shape index (κ3) is 5.40. The molecule has 1 unspecified atom stereocenters. The Morgan fingerprint density at radius 3 is 2.00 bits per heavy atom. The lowest BCUT2D eigenvalue weighted by molar-refractivity contribution is 0.0686. The van der Waals surface area contributed by atoms with E-state index in [-0.39, 0.29) is 9.79 Å². The summed E-state index contributed by atoms with van der Waals surface area (Å²) in [4.78, 5) is 9.52. The van der Waals surface area contributed by atoms with Gasteiger partial charge in [0.25, 0.3) is 20.0 Å². The van der Waals surface area contributed by atoms with Crippen LogP contribution in [0.15, 0.2) is 112 Å². The van der Waals surface area contributed by atoms with E-state index in [4.69, 9.17) is 4.84 Å². The van der Waals surface area contributed by atoms with E-state index in [9.17, 15) is 16.8 Å². The summed E-state index contributed by atoms with van der Waals surface area (Å²) in [5, 5.41) is 4.90. The minimum atomic E-state index is -4.40. The van der Waals surface area contributed by atoms with Gasteiger partial charge in [-0.15, -0.1) is 0 Å². The van der Waals surface area contributed by atoms with E-state index in [2.05, 4.69) is 10.1 Å². The van der Waals surface area contributed by atoms with Crippen LogP contribution in [-0.2, 0) is 24.9 Å². The Morgan fingerprint density at radius 1 is 0.829 bits per heavy atom. The molecule has 0 aliphatic carbocycles. The van der Waals surface area contributed by atoms with E-state index in [1.807, 2.05) is 30.3 Å². The second kappa shape index (κ2) is 10.3. The lowest BCUT2D eigenvalue weighted by Gasteiger charge is -2.24. The molecule has 0 saturated carbocycles. The van der Waals surface area contributed by atoms with Crippen molar-refractivity contribution in [1.82, 2.24) is 8.69 Å². The van der Waals surface area contributed by atoms with Crippen LogP contribution in [0.1, 0.15) is 12.5 Å². The third-order valence-electron chi connectivity index (χ3n) is 5.12. The van der Waals surface area contributed by atoms with E-state index >= 15 is 0 Å². The number of oxime groups is 1. The molecule has 0 saturated heterocycles. The number of para-hydroxylation sites is 1. The van der Waals surface area contributed by atoms with Crippen LogP contribution in [-0.4, -0.2) is 44.4 Å². The highest BCUT2D eigenvalue weighted by Crippen LogP contribution is 2.25. The molecular formula is C25H23N3O5S2. The number of fused-ring (bicyclic) bond motifs is 1. The Bertz CT molecular complexity index is 1470. The van der Waals surface area contributed by atoms with Crippen LogP contribution in [0.2, 0.25) is 0 Å². The number of hydrogen-bond donors (Lipinski definition) is 0. The number of pyridine rings is 1. The normalized spacial score (nSPS) is 13.3. The van der Waals surface area contributed by atoms with Gasteiger partial charge in [-0.1, -0.05) is 69.5 Å². The molecule has 3 aromatic carbocycles. The zero-order chi connectivity index (χ0) is 24.9. The molecule has 35 heavy (non-hydrogen) atoms. The van der Waals surface area contributed by atoms with E-state index in [1.54, 1.807) is 25.3 Å². The van der Waals surface area contributed by atoms with Crippen LogP contribution in [0.4, 0.5) is 0 Å². The first-order valence-electron chi connectivity index (χ1n) is 10.7. The lowest BCUT2D eigenvalue weighted by Crippen LogP contribution is -2.41. The number of sulfonamides is 2. The first-order valence-corrected chi connectivity index (χ1v) is 13.6. The smallest absolute Gasteiger partial charge is 0.256 e. The molecule has 10 heteroatoms. The van der Waals surface area contributed by atoms with Crippen LogP contribution in [0.3, 0.4) is 0 Å². The summed E-state index contributed by atoms with van der Waals surface area (Å²) in [6.45, 7) is 1.08. The molecule has 0 aliphatic rings. The van der Waals surface area contributed by atoms with Crippen LogP contribution in [0.5, 0.6) is 0 Å².